The fraction of sp³-hybridized carbons (Fsp3) is 0.833. The maximum atomic E-state index is 3.97. The van der Waals surface area contributed by atoms with E-state index in [-0.39, 0.29) is 0 Å². The van der Waals surface area contributed by atoms with E-state index in [1.54, 1.807) is 0 Å². The van der Waals surface area contributed by atoms with E-state index in [1.807, 2.05) is 0 Å². The summed E-state index contributed by atoms with van der Waals surface area (Å²) in [6.07, 6.45) is 1.16. The van der Waals surface area contributed by atoms with Crippen LogP contribution in [0.15, 0.2) is 12.2 Å². The minimum absolute atomic E-state index is 0.773. The Kier molecular flexibility index (Phi) is 2.93. The molecule has 2 nitrogen and oxygen atoms in total. The summed E-state index contributed by atoms with van der Waals surface area (Å²) in [6, 6.07) is 0.773. The predicted octanol–water partition coefficient (Wildman–Crippen LogP) is 1.49. The van der Waals surface area contributed by atoms with E-state index in [1.165, 1.54) is 31.8 Å². The van der Waals surface area contributed by atoms with Gasteiger partial charge in [0.2, 0.25) is 0 Å². The van der Waals surface area contributed by atoms with Crippen molar-refractivity contribution in [1.82, 2.24) is 10.2 Å². The molecule has 0 aromatic heterocycles. The second-order valence-corrected chi connectivity index (χ2v) is 5.02. The SMILES string of the molecule is C=C(C)CCN1CC2CNCC2C1C. The Hall–Kier alpha value is -0.340. The molecular formula is C12H22N2. The summed E-state index contributed by atoms with van der Waals surface area (Å²) in [7, 11) is 0. The molecule has 0 amide bonds. The van der Waals surface area contributed by atoms with Crippen LogP contribution in [0.25, 0.3) is 0 Å². The molecule has 0 aliphatic carbocycles. The van der Waals surface area contributed by atoms with Crippen LogP contribution in [0, 0.1) is 11.8 Å². The molecule has 3 unspecified atom stereocenters. The quantitative estimate of drug-likeness (QED) is 0.685. The highest BCUT2D eigenvalue weighted by atomic mass is 15.2. The number of hydrogen-bond acceptors (Lipinski definition) is 2. The smallest absolute Gasteiger partial charge is 0.0111 e. The average molecular weight is 194 g/mol. The molecule has 80 valence electrons. The lowest BCUT2D eigenvalue weighted by Gasteiger charge is -2.24. The van der Waals surface area contributed by atoms with Gasteiger partial charge in [0.15, 0.2) is 0 Å². The first-order valence-electron chi connectivity index (χ1n) is 5.77. The second kappa shape index (κ2) is 4.03. The highest BCUT2D eigenvalue weighted by Gasteiger charge is 2.41. The fourth-order valence-electron chi connectivity index (χ4n) is 2.89. The van der Waals surface area contributed by atoms with Gasteiger partial charge in [0.25, 0.3) is 0 Å². The minimum atomic E-state index is 0.773. The molecule has 2 saturated heterocycles. The number of nitrogens with one attached hydrogen (secondary N) is 1. The van der Waals surface area contributed by atoms with E-state index in [2.05, 4.69) is 30.6 Å². The van der Waals surface area contributed by atoms with Crippen molar-refractivity contribution >= 4 is 0 Å². The standard InChI is InChI=1S/C12H22N2/c1-9(2)4-5-14-8-11-6-13-7-12(11)10(14)3/h10-13H,1,4-8H2,2-3H3. The lowest BCUT2D eigenvalue weighted by molar-refractivity contribution is 0.242. The molecule has 1 N–H and O–H groups in total. The molecule has 14 heavy (non-hydrogen) atoms. The average Bonchev–Trinajstić information content (AvgIpc) is 2.66. The summed E-state index contributed by atoms with van der Waals surface area (Å²) in [5, 5.41) is 3.50. The molecule has 0 saturated carbocycles. The summed E-state index contributed by atoms with van der Waals surface area (Å²) in [4.78, 5) is 2.64. The largest absolute Gasteiger partial charge is 0.316 e. The van der Waals surface area contributed by atoms with E-state index >= 15 is 0 Å². The van der Waals surface area contributed by atoms with Crippen molar-refractivity contribution < 1.29 is 0 Å². The molecule has 2 aliphatic rings. The normalized spacial score (nSPS) is 37.4. The van der Waals surface area contributed by atoms with Crippen molar-refractivity contribution in [1.29, 1.82) is 0 Å². The third-order valence-corrected chi connectivity index (χ3v) is 3.88. The molecule has 2 heteroatoms. The molecule has 0 bridgehead atoms. The first-order chi connectivity index (χ1) is 6.68. The van der Waals surface area contributed by atoms with Crippen molar-refractivity contribution in [2.45, 2.75) is 26.3 Å². The molecule has 3 atom stereocenters. The molecule has 2 heterocycles. The summed E-state index contributed by atoms with van der Waals surface area (Å²) in [5.41, 5.74) is 1.31. The van der Waals surface area contributed by atoms with Crippen LogP contribution in [0.3, 0.4) is 0 Å². The summed E-state index contributed by atoms with van der Waals surface area (Å²) >= 11 is 0. The van der Waals surface area contributed by atoms with Gasteiger partial charge < -0.3 is 5.32 Å². The molecule has 0 radical (unpaired) electrons. The zero-order valence-corrected chi connectivity index (χ0v) is 9.42. The van der Waals surface area contributed by atoms with Gasteiger partial charge in [0.1, 0.15) is 0 Å². The van der Waals surface area contributed by atoms with Gasteiger partial charge in [0.05, 0.1) is 0 Å². The zero-order valence-electron chi connectivity index (χ0n) is 9.42. The third-order valence-electron chi connectivity index (χ3n) is 3.88. The third kappa shape index (κ3) is 1.86. The summed E-state index contributed by atoms with van der Waals surface area (Å²) < 4.78 is 0. The highest BCUT2D eigenvalue weighted by molar-refractivity contribution is 4.98. The highest BCUT2D eigenvalue weighted by Crippen LogP contribution is 2.32. The van der Waals surface area contributed by atoms with E-state index < -0.39 is 0 Å². The van der Waals surface area contributed by atoms with Gasteiger partial charge in [-0.05, 0) is 45.2 Å². The maximum Gasteiger partial charge on any atom is 0.0111 e. The molecule has 0 aromatic carbocycles. The maximum absolute atomic E-state index is 3.97. The van der Waals surface area contributed by atoms with Crippen LogP contribution in [-0.4, -0.2) is 37.1 Å². The molecule has 0 aromatic rings. The molecule has 2 fully saturated rings. The number of rotatable bonds is 3. The van der Waals surface area contributed by atoms with E-state index in [0.717, 1.165) is 24.3 Å². The zero-order chi connectivity index (χ0) is 10.1. The Balaban J connectivity index is 1.87. The topological polar surface area (TPSA) is 15.3 Å². The molecular weight excluding hydrogens is 172 g/mol. The Morgan fingerprint density at radius 2 is 2.29 bits per heavy atom. The van der Waals surface area contributed by atoms with Crippen molar-refractivity contribution in [3.63, 3.8) is 0 Å². The number of fused-ring (bicyclic) bond motifs is 1. The summed E-state index contributed by atoms with van der Waals surface area (Å²) in [6.45, 7) is 13.5. The Labute approximate surface area is 87.4 Å². The van der Waals surface area contributed by atoms with Crippen LogP contribution in [-0.2, 0) is 0 Å². The van der Waals surface area contributed by atoms with Crippen LogP contribution < -0.4 is 5.32 Å². The van der Waals surface area contributed by atoms with Gasteiger partial charge in [-0.1, -0.05) is 5.57 Å². The predicted molar refractivity (Wildman–Crippen MR) is 60.3 cm³/mol. The van der Waals surface area contributed by atoms with Gasteiger partial charge >= 0.3 is 0 Å². The van der Waals surface area contributed by atoms with E-state index in [4.69, 9.17) is 0 Å². The van der Waals surface area contributed by atoms with Crippen molar-refractivity contribution in [3.05, 3.63) is 12.2 Å². The van der Waals surface area contributed by atoms with Crippen LogP contribution in [0.5, 0.6) is 0 Å². The number of hydrogen-bond donors (Lipinski definition) is 1. The Morgan fingerprint density at radius 3 is 2.93 bits per heavy atom. The van der Waals surface area contributed by atoms with Crippen LogP contribution >= 0.6 is 0 Å². The fourth-order valence-corrected chi connectivity index (χ4v) is 2.89. The Morgan fingerprint density at radius 1 is 1.50 bits per heavy atom. The first kappa shape index (κ1) is 10.2. The van der Waals surface area contributed by atoms with E-state index in [9.17, 15) is 0 Å². The number of likely N-dealkylation sites (tertiary alicyclic amines) is 1. The van der Waals surface area contributed by atoms with Crippen molar-refractivity contribution in [3.8, 4) is 0 Å². The molecule has 2 rings (SSSR count). The molecule has 0 spiro atoms. The van der Waals surface area contributed by atoms with Gasteiger partial charge in [0, 0.05) is 19.1 Å². The van der Waals surface area contributed by atoms with Crippen LogP contribution in [0.1, 0.15) is 20.3 Å². The first-order valence-corrected chi connectivity index (χ1v) is 5.77. The van der Waals surface area contributed by atoms with Gasteiger partial charge in [-0.2, -0.15) is 0 Å². The lowest BCUT2D eigenvalue weighted by Crippen LogP contribution is -2.33. The van der Waals surface area contributed by atoms with Crippen LogP contribution in [0.2, 0.25) is 0 Å². The Bertz CT molecular complexity index is 224. The van der Waals surface area contributed by atoms with Crippen LogP contribution in [0.4, 0.5) is 0 Å². The van der Waals surface area contributed by atoms with Crippen molar-refractivity contribution in [2.75, 3.05) is 26.2 Å². The lowest BCUT2D eigenvalue weighted by atomic mass is 9.95. The monoisotopic (exact) mass is 194 g/mol. The molecule has 2 aliphatic heterocycles. The van der Waals surface area contributed by atoms with Crippen molar-refractivity contribution in [2.24, 2.45) is 11.8 Å². The van der Waals surface area contributed by atoms with Gasteiger partial charge in [-0.3, -0.25) is 4.90 Å². The number of nitrogens with zero attached hydrogens (tertiary/aromatic N) is 1. The van der Waals surface area contributed by atoms with Gasteiger partial charge in [-0.15, -0.1) is 6.58 Å². The minimum Gasteiger partial charge on any atom is -0.316 e. The second-order valence-electron chi connectivity index (χ2n) is 5.02. The van der Waals surface area contributed by atoms with Gasteiger partial charge in [-0.25, -0.2) is 0 Å². The summed E-state index contributed by atoms with van der Waals surface area (Å²) in [5.74, 6) is 1.82. The van der Waals surface area contributed by atoms with E-state index in [0.29, 0.717) is 0 Å².